The summed E-state index contributed by atoms with van der Waals surface area (Å²) < 4.78 is 0. The Kier molecular flexibility index (Phi) is 3.34. The summed E-state index contributed by atoms with van der Waals surface area (Å²) in [5.74, 6) is 0.788. The second kappa shape index (κ2) is 4.07. The monoisotopic (exact) mass is 156 g/mol. The molecule has 2 atom stereocenters. The molecule has 0 spiro atoms. The summed E-state index contributed by atoms with van der Waals surface area (Å²) in [4.78, 5) is 2.34. The van der Waals surface area contributed by atoms with E-state index in [1.165, 1.54) is 25.7 Å². The van der Waals surface area contributed by atoms with Gasteiger partial charge in [-0.3, -0.25) is 0 Å². The van der Waals surface area contributed by atoms with E-state index in [4.69, 9.17) is 5.73 Å². The average molecular weight is 156 g/mol. The van der Waals surface area contributed by atoms with E-state index in [1.54, 1.807) is 0 Å². The van der Waals surface area contributed by atoms with Crippen LogP contribution in [0.4, 0.5) is 0 Å². The molecule has 11 heavy (non-hydrogen) atoms. The molecule has 0 amide bonds. The smallest absolute Gasteiger partial charge is 0.00922 e. The quantitative estimate of drug-likeness (QED) is 0.648. The third-order valence-corrected chi connectivity index (χ3v) is 2.82. The standard InChI is InChI=1S/C9H20N2/c1-11(2)9-5-3-4-8(6-9)7-10/h8-9H,3-7,10H2,1-2H3/t8-,9-/m1/s1. The lowest BCUT2D eigenvalue weighted by Crippen LogP contribution is -2.35. The summed E-state index contributed by atoms with van der Waals surface area (Å²) in [6.07, 6.45) is 5.39. The van der Waals surface area contributed by atoms with Gasteiger partial charge in [-0.2, -0.15) is 0 Å². The van der Waals surface area contributed by atoms with Crippen molar-refractivity contribution in [1.29, 1.82) is 0 Å². The highest BCUT2D eigenvalue weighted by Gasteiger charge is 2.21. The van der Waals surface area contributed by atoms with Gasteiger partial charge in [0.15, 0.2) is 0 Å². The Bertz CT molecular complexity index is 112. The molecule has 2 heteroatoms. The third-order valence-electron chi connectivity index (χ3n) is 2.82. The topological polar surface area (TPSA) is 29.3 Å². The molecule has 0 aromatic carbocycles. The molecule has 0 aromatic rings. The van der Waals surface area contributed by atoms with Crippen LogP contribution in [-0.4, -0.2) is 31.6 Å². The van der Waals surface area contributed by atoms with Crippen molar-refractivity contribution in [3.8, 4) is 0 Å². The van der Waals surface area contributed by atoms with Crippen molar-refractivity contribution in [2.45, 2.75) is 31.7 Å². The van der Waals surface area contributed by atoms with Crippen LogP contribution >= 0.6 is 0 Å². The maximum atomic E-state index is 5.65. The molecule has 0 unspecified atom stereocenters. The summed E-state index contributed by atoms with van der Waals surface area (Å²) in [5.41, 5.74) is 5.65. The van der Waals surface area contributed by atoms with Gasteiger partial charge in [-0.15, -0.1) is 0 Å². The van der Waals surface area contributed by atoms with Crippen LogP contribution in [0.5, 0.6) is 0 Å². The van der Waals surface area contributed by atoms with Gasteiger partial charge in [-0.1, -0.05) is 6.42 Å². The second-order valence-electron chi connectivity index (χ2n) is 3.89. The normalized spacial score (nSPS) is 32.7. The van der Waals surface area contributed by atoms with Crippen LogP contribution in [-0.2, 0) is 0 Å². The zero-order chi connectivity index (χ0) is 8.27. The molecule has 0 aliphatic heterocycles. The molecule has 2 N–H and O–H groups in total. The number of rotatable bonds is 2. The highest BCUT2D eigenvalue weighted by molar-refractivity contribution is 4.77. The first-order chi connectivity index (χ1) is 5.24. The maximum Gasteiger partial charge on any atom is 0.00922 e. The van der Waals surface area contributed by atoms with Gasteiger partial charge in [0.25, 0.3) is 0 Å². The first-order valence-corrected chi connectivity index (χ1v) is 4.60. The Labute approximate surface area is 69.8 Å². The summed E-state index contributed by atoms with van der Waals surface area (Å²) in [7, 11) is 4.34. The van der Waals surface area contributed by atoms with E-state index in [2.05, 4.69) is 19.0 Å². The lowest BCUT2D eigenvalue weighted by molar-refractivity contribution is 0.188. The van der Waals surface area contributed by atoms with Gasteiger partial charge in [0.2, 0.25) is 0 Å². The van der Waals surface area contributed by atoms with Crippen molar-refractivity contribution in [1.82, 2.24) is 4.90 Å². The summed E-state index contributed by atoms with van der Waals surface area (Å²) in [6, 6.07) is 0.789. The molecular formula is C9H20N2. The highest BCUT2D eigenvalue weighted by Crippen LogP contribution is 2.25. The molecule has 0 saturated heterocycles. The molecule has 66 valence electrons. The number of nitrogens with two attached hydrogens (primary N) is 1. The zero-order valence-corrected chi connectivity index (χ0v) is 7.71. The molecule has 1 rings (SSSR count). The van der Waals surface area contributed by atoms with Gasteiger partial charge in [0.05, 0.1) is 0 Å². The highest BCUT2D eigenvalue weighted by atomic mass is 15.1. The van der Waals surface area contributed by atoms with Gasteiger partial charge in [-0.05, 0) is 45.8 Å². The lowest BCUT2D eigenvalue weighted by Gasteiger charge is -2.32. The molecule has 1 aliphatic rings. The number of hydrogen-bond donors (Lipinski definition) is 1. The van der Waals surface area contributed by atoms with Gasteiger partial charge in [0.1, 0.15) is 0 Å². The first kappa shape index (κ1) is 9.01. The predicted octanol–water partition coefficient (Wildman–Crippen LogP) is 1.07. The molecule has 2 nitrogen and oxygen atoms in total. The summed E-state index contributed by atoms with van der Waals surface area (Å²) in [6.45, 7) is 0.879. The molecule has 0 radical (unpaired) electrons. The van der Waals surface area contributed by atoms with E-state index >= 15 is 0 Å². The van der Waals surface area contributed by atoms with Gasteiger partial charge in [-0.25, -0.2) is 0 Å². The van der Waals surface area contributed by atoms with E-state index in [0.717, 1.165) is 18.5 Å². The third kappa shape index (κ3) is 2.46. The Morgan fingerprint density at radius 3 is 2.64 bits per heavy atom. The molecule has 0 heterocycles. The SMILES string of the molecule is CN(C)[C@@H]1CCC[C@@H](CN)C1. The van der Waals surface area contributed by atoms with Crippen molar-refractivity contribution in [3.63, 3.8) is 0 Å². The van der Waals surface area contributed by atoms with Crippen LogP contribution < -0.4 is 5.73 Å². The largest absolute Gasteiger partial charge is 0.330 e. The van der Waals surface area contributed by atoms with Crippen LogP contribution in [0.2, 0.25) is 0 Å². The molecular weight excluding hydrogens is 136 g/mol. The van der Waals surface area contributed by atoms with E-state index in [9.17, 15) is 0 Å². The van der Waals surface area contributed by atoms with Gasteiger partial charge < -0.3 is 10.6 Å². The molecule has 1 saturated carbocycles. The molecule has 1 fully saturated rings. The number of hydrogen-bond acceptors (Lipinski definition) is 2. The van der Waals surface area contributed by atoms with E-state index < -0.39 is 0 Å². The Morgan fingerprint density at radius 1 is 1.36 bits per heavy atom. The van der Waals surface area contributed by atoms with Crippen molar-refractivity contribution in [2.24, 2.45) is 11.7 Å². The molecule has 0 aromatic heterocycles. The van der Waals surface area contributed by atoms with Crippen LogP contribution in [0.1, 0.15) is 25.7 Å². The predicted molar refractivity (Wildman–Crippen MR) is 48.5 cm³/mol. The minimum Gasteiger partial charge on any atom is -0.330 e. The minimum atomic E-state index is 0.788. The first-order valence-electron chi connectivity index (χ1n) is 4.60. The van der Waals surface area contributed by atoms with Gasteiger partial charge in [0, 0.05) is 6.04 Å². The Balaban J connectivity index is 2.33. The molecule has 1 aliphatic carbocycles. The van der Waals surface area contributed by atoms with Crippen LogP contribution in [0.15, 0.2) is 0 Å². The van der Waals surface area contributed by atoms with Crippen LogP contribution in [0, 0.1) is 5.92 Å². The van der Waals surface area contributed by atoms with E-state index in [0.29, 0.717) is 0 Å². The van der Waals surface area contributed by atoms with Crippen LogP contribution in [0.25, 0.3) is 0 Å². The fraction of sp³-hybridized carbons (Fsp3) is 1.00. The zero-order valence-electron chi connectivity index (χ0n) is 7.71. The second-order valence-corrected chi connectivity index (χ2v) is 3.89. The fourth-order valence-corrected chi connectivity index (χ4v) is 1.95. The lowest BCUT2D eigenvalue weighted by atomic mass is 9.85. The number of nitrogens with zero attached hydrogens (tertiary/aromatic N) is 1. The Morgan fingerprint density at radius 2 is 2.09 bits per heavy atom. The Hall–Kier alpha value is -0.0800. The molecule has 0 bridgehead atoms. The fourth-order valence-electron chi connectivity index (χ4n) is 1.95. The maximum absolute atomic E-state index is 5.65. The van der Waals surface area contributed by atoms with Crippen molar-refractivity contribution >= 4 is 0 Å². The van der Waals surface area contributed by atoms with Crippen molar-refractivity contribution < 1.29 is 0 Å². The average Bonchev–Trinajstić information content (AvgIpc) is 2.05. The van der Waals surface area contributed by atoms with Crippen molar-refractivity contribution in [2.75, 3.05) is 20.6 Å². The van der Waals surface area contributed by atoms with Gasteiger partial charge >= 0.3 is 0 Å². The summed E-state index contributed by atoms with van der Waals surface area (Å²) >= 11 is 0. The van der Waals surface area contributed by atoms with E-state index in [1.807, 2.05) is 0 Å². The van der Waals surface area contributed by atoms with Crippen molar-refractivity contribution in [3.05, 3.63) is 0 Å². The summed E-state index contributed by atoms with van der Waals surface area (Å²) in [5, 5.41) is 0. The van der Waals surface area contributed by atoms with E-state index in [-0.39, 0.29) is 0 Å². The van der Waals surface area contributed by atoms with Crippen LogP contribution in [0.3, 0.4) is 0 Å². The minimum absolute atomic E-state index is 0.788.